The fourth-order valence-corrected chi connectivity index (χ4v) is 2.42. The second kappa shape index (κ2) is 10.8. The summed E-state index contributed by atoms with van der Waals surface area (Å²) in [6, 6.07) is 14.8. The highest BCUT2D eigenvalue weighted by atomic mass is 16.5. The molecule has 1 atom stereocenters. The molecule has 0 aliphatic heterocycles. The summed E-state index contributed by atoms with van der Waals surface area (Å²) in [5.74, 6) is 0.253. The normalized spacial score (nSPS) is 11.7. The first-order valence-corrected chi connectivity index (χ1v) is 9.04. The average molecular weight is 383 g/mol. The van der Waals surface area contributed by atoms with Crippen LogP contribution in [0.3, 0.4) is 0 Å². The summed E-state index contributed by atoms with van der Waals surface area (Å²) >= 11 is 0. The molecule has 2 rings (SSSR count). The summed E-state index contributed by atoms with van der Waals surface area (Å²) in [6.07, 6.45) is 1.97. The van der Waals surface area contributed by atoms with Gasteiger partial charge in [0.25, 0.3) is 5.91 Å². The minimum absolute atomic E-state index is 0.353. The van der Waals surface area contributed by atoms with Crippen LogP contribution in [-0.2, 0) is 20.9 Å². The fraction of sp³-hybridized carbons (Fsp3) is 0.273. The standard InChI is InChI=1S/C22H25NO5/c1-4-27-19-12-10-17(14-20(19)26-3)11-13-21(24)28-16(2)22(25)23-15-18-8-6-5-7-9-18/h5-14,16H,4,15H2,1-3H3,(H,23,25)/b13-11+/t16-/m1/s1. The summed E-state index contributed by atoms with van der Waals surface area (Å²) in [6.45, 7) is 4.33. The van der Waals surface area contributed by atoms with E-state index in [1.807, 2.05) is 37.3 Å². The Hall–Kier alpha value is -3.28. The molecule has 2 aromatic rings. The van der Waals surface area contributed by atoms with Gasteiger partial charge in [0.1, 0.15) is 0 Å². The molecule has 0 bridgehead atoms. The van der Waals surface area contributed by atoms with E-state index >= 15 is 0 Å². The van der Waals surface area contributed by atoms with Crippen molar-refractivity contribution in [1.29, 1.82) is 0 Å². The lowest BCUT2D eigenvalue weighted by Crippen LogP contribution is -2.35. The van der Waals surface area contributed by atoms with Crippen LogP contribution in [-0.4, -0.2) is 31.7 Å². The molecule has 0 aromatic heterocycles. The van der Waals surface area contributed by atoms with Gasteiger partial charge in [0.2, 0.25) is 0 Å². The van der Waals surface area contributed by atoms with Crippen LogP contribution >= 0.6 is 0 Å². The first kappa shape index (κ1) is 21.0. The minimum atomic E-state index is -0.893. The van der Waals surface area contributed by atoms with Gasteiger partial charge in [-0.05, 0) is 43.2 Å². The molecule has 6 heteroatoms. The highest BCUT2D eigenvalue weighted by molar-refractivity contribution is 5.90. The smallest absolute Gasteiger partial charge is 0.331 e. The number of ether oxygens (including phenoxy) is 3. The number of methoxy groups -OCH3 is 1. The molecule has 148 valence electrons. The number of carbonyl (C=O) groups is 2. The molecule has 0 saturated carbocycles. The van der Waals surface area contributed by atoms with Crippen LogP contribution < -0.4 is 14.8 Å². The van der Waals surface area contributed by atoms with Crippen LogP contribution in [0.15, 0.2) is 54.6 Å². The van der Waals surface area contributed by atoms with Crippen LogP contribution in [0.5, 0.6) is 11.5 Å². The molecule has 0 aliphatic carbocycles. The van der Waals surface area contributed by atoms with Crippen molar-refractivity contribution in [2.45, 2.75) is 26.5 Å². The third-order valence-corrected chi connectivity index (χ3v) is 3.87. The van der Waals surface area contributed by atoms with E-state index in [-0.39, 0.29) is 5.91 Å². The van der Waals surface area contributed by atoms with E-state index in [2.05, 4.69) is 5.32 Å². The first-order chi connectivity index (χ1) is 13.5. The van der Waals surface area contributed by atoms with Crippen molar-refractivity contribution < 1.29 is 23.8 Å². The minimum Gasteiger partial charge on any atom is -0.493 e. The molecule has 0 fully saturated rings. The van der Waals surface area contributed by atoms with Gasteiger partial charge >= 0.3 is 5.97 Å². The topological polar surface area (TPSA) is 73.9 Å². The Balaban J connectivity index is 1.87. The van der Waals surface area contributed by atoms with E-state index in [4.69, 9.17) is 14.2 Å². The summed E-state index contributed by atoms with van der Waals surface area (Å²) in [5.41, 5.74) is 1.72. The highest BCUT2D eigenvalue weighted by Gasteiger charge is 2.16. The molecule has 0 spiro atoms. The molecular weight excluding hydrogens is 358 g/mol. The number of hydrogen-bond donors (Lipinski definition) is 1. The lowest BCUT2D eigenvalue weighted by molar-refractivity contribution is -0.150. The molecule has 1 amide bonds. The fourth-order valence-electron chi connectivity index (χ4n) is 2.42. The quantitative estimate of drug-likeness (QED) is 0.531. The number of amides is 1. The zero-order valence-corrected chi connectivity index (χ0v) is 16.3. The third kappa shape index (κ3) is 6.46. The second-order valence-electron chi connectivity index (χ2n) is 5.96. The van der Waals surface area contributed by atoms with Crippen molar-refractivity contribution >= 4 is 18.0 Å². The Morgan fingerprint density at radius 1 is 1.11 bits per heavy atom. The summed E-state index contributed by atoms with van der Waals surface area (Å²) < 4.78 is 15.9. The van der Waals surface area contributed by atoms with Crippen molar-refractivity contribution in [1.82, 2.24) is 5.32 Å². The number of benzene rings is 2. The van der Waals surface area contributed by atoms with E-state index < -0.39 is 12.1 Å². The van der Waals surface area contributed by atoms with E-state index in [1.165, 1.54) is 13.0 Å². The van der Waals surface area contributed by atoms with Crippen LogP contribution in [0, 0.1) is 0 Å². The lowest BCUT2D eigenvalue weighted by Gasteiger charge is -2.12. The molecule has 0 radical (unpaired) electrons. The molecular formula is C22H25NO5. The van der Waals surface area contributed by atoms with Crippen LogP contribution in [0.4, 0.5) is 0 Å². The molecule has 0 aliphatic rings. The summed E-state index contributed by atoms with van der Waals surface area (Å²) in [5, 5.41) is 2.74. The van der Waals surface area contributed by atoms with Gasteiger partial charge in [-0.3, -0.25) is 4.79 Å². The molecule has 0 heterocycles. The van der Waals surface area contributed by atoms with E-state index in [1.54, 1.807) is 31.4 Å². The molecule has 0 unspecified atom stereocenters. The SMILES string of the molecule is CCOc1ccc(/C=C/C(=O)O[C@H](C)C(=O)NCc2ccccc2)cc1OC. The summed E-state index contributed by atoms with van der Waals surface area (Å²) in [7, 11) is 1.55. The Morgan fingerprint density at radius 3 is 2.54 bits per heavy atom. The summed E-state index contributed by atoms with van der Waals surface area (Å²) in [4.78, 5) is 24.1. The van der Waals surface area contributed by atoms with Gasteiger partial charge in [-0.25, -0.2) is 4.79 Å². The van der Waals surface area contributed by atoms with Crippen molar-refractivity contribution in [3.05, 3.63) is 65.7 Å². The number of carbonyl (C=O) groups excluding carboxylic acids is 2. The predicted molar refractivity (Wildman–Crippen MR) is 107 cm³/mol. The van der Waals surface area contributed by atoms with Gasteiger partial charge in [0.05, 0.1) is 13.7 Å². The Kier molecular flexibility index (Phi) is 8.09. The Morgan fingerprint density at radius 2 is 1.86 bits per heavy atom. The maximum absolute atomic E-state index is 12.1. The Bertz CT molecular complexity index is 817. The zero-order valence-electron chi connectivity index (χ0n) is 16.3. The van der Waals surface area contributed by atoms with Gasteiger partial charge in [-0.15, -0.1) is 0 Å². The molecule has 0 saturated heterocycles. The van der Waals surface area contributed by atoms with E-state index in [0.717, 1.165) is 11.1 Å². The molecule has 1 N–H and O–H groups in total. The maximum atomic E-state index is 12.1. The van der Waals surface area contributed by atoms with Gasteiger partial charge in [-0.1, -0.05) is 36.4 Å². The monoisotopic (exact) mass is 383 g/mol. The Labute approximate surface area is 165 Å². The number of nitrogens with one attached hydrogen (secondary N) is 1. The van der Waals surface area contributed by atoms with E-state index in [9.17, 15) is 9.59 Å². The van der Waals surface area contributed by atoms with Crippen LogP contribution in [0.2, 0.25) is 0 Å². The lowest BCUT2D eigenvalue weighted by atomic mass is 10.2. The molecule has 28 heavy (non-hydrogen) atoms. The number of esters is 1. The maximum Gasteiger partial charge on any atom is 0.331 e. The largest absolute Gasteiger partial charge is 0.493 e. The van der Waals surface area contributed by atoms with Crippen LogP contribution in [0.1, 0.15) is 25.0 Å². The van der Waals surface area contributed by atoms with Crippen molar-refractivity contribution in [3.8, 4) is 11.5 Å². The zero-order chi connectivity index (χ0) is 20.4. The first-order valence-electron chi connectivity index (χ1n) is 9.04. The third-order valence-electron chi connectivity index (χ3n) is 3.87. The van der Waals surface area contributed by atoms with Crippen molar-refractivity contribution in [2.24, 2.45) is 0 Å². The van der Waals surface area contributed by atoms with Gasteiger partial charge in [-0.2, -0.15) is 0 Å². The highest BCUT2D eigenvalue weighted by Crippen LogP contribution is 2.28. The van der Waals surface area contributed by atoms with E-state index in [0.29, 0.717) is 24.7 Å². The van der Waals surface area contributed by atoms with Gasteiger partial charge in [0, 0.05) is 12.6 Å². The second-order valence-corrected chi connectivity index (χ2v) is 5.96. The average Bonchev–Trinajstić information content (AvgIpc) is 2.72. The van der Waals surface area contributed by atoms with Gasteiger partial charge < -0.3 is 19.5 Å². The number of rotatable bonds is 9. The number of hydrogen-bond acceptors (Lipinski definition) is 5. The molecule has 2 aromatic carbocycles. The van der Waals surface area contributed by atoms with Crippen LogP contribution in [0.25, 0.3) is 6.08 Å². The van der Waals surface area contributed by atoms with Crippen molar-refractivity contribution in [3.63, 3.8) is 0 Å². The predicted octanol–water partition coefficient (Wildman–Crippen LogP) is 3.36. The molecule has 6 nitrogen and oxygen atoms in total. The van der Waals surface area contributed by atoms with Crippen molar-refractivity contribution in [2.75, 3.05) is 13.7 Å². The van der Waals surface area contributed by atoms with Gasteiger partial charge in [0.15, 0.2) is 17.6 Å².